The van der Waals surface area contributed by atoms with E-state index in [1.165, 1.54) is 4.90 Å². The van der Waals surface area contributed by atoms with Crippen LogP contribution in [-0.4, -0.2) is 63.6 Å². The Balaban J connectivity index is 1.55. The number of carbonyl (C=O) groups excluding carboxylic acids is 2. The van der Waals surface area contributed by atoms with Gasteiger partial charge in [-0.05, 0) is 60.1 Å². The largest absolute Gasteiger partial charge is 0.438 e. The Kier molecular flexibility index (Phi) is 6.02. The van der Waals surface area contributed by atoms with Gasteiger partial charge in [0.2, 0.25) is 0 Å². The Hall–Kier alpha value is -2.48. The van der Waals surface area contributed by atoms with Gasteiger partial charge in [-0.25, -0.2) is 4.79 Å². The third-order valence-corrected chi connectivity index (χ3v) is 10.3. The van der Waals surface area contributed by atoms with Gasteiger partial charge in [-0.2, -0.15) is 0 Å². The number of aliphatic hydroxyl groups is 3. The van der Waals surface area contributed by atoms with E-state index in [-0.39, 0.29) is 34.6 Å². The zero-order valence-corrected chi connectivity index (χ0v) is 22.5. The molecule has 2 bridgehead atoms. The fourth-order valence-electron chi connectivity index (χ4n) is 7.89. The molecule has 1 aromatic carbocycles. The smallest absolute Gasteiger partial charge is 0.410 e. The molecule has 1 aromatic rings. The molecule has 0 heterocycles. The van der Waals surface area contributed by atoms with E-state index in [1.807, 2.05) is 44.2 Å². The highest BCUT2D eigenvalue weighted by Crippen LogP contribution is 2.71. The van der Waals surface area contributed by atoms with Crippen molar-refractivity contribution in [3.8, 4) is 0 Å². The first-order valence-electron chi connectivity index (χ1n) is 13.3. The molecule has 5 rings (SSSR count). The van der Waals surface area contributed by atoms with Gasteiger partial charge in [0.1, 0.15) is 6.10 Å². The van der Waals surface area contributed by atoms with E-state index in [2.05, 4.69) is 13.8 Å². The minimum Gasteiger partial charge on any atom is -0.438 e. The molecule has 0 saturated heterocycles. The molecule has 1 spiro atoms. The van der Waals surface area contributed by atoms with Crippen LogP contribution in [-0.2, 0) is 9.53 Å². The quantitative estimate of drug-likeness (QED) is 0.535. The molecule has 7 nitrogen and oxygen atoms in total. The molecule has 2 saturated carbocycles. The second-order valence-corrected chi connectivity index (χ2v) is 12.3. The summed E-state index contributed by atoms with van der Waals surface area (Å²) < 4.78 is 5.97. The molecule has 0 aromatic heterocycles. The van der Waals surface area contributed by atoms with Gasteiger partial charge < -0.3 is 25.0 Å². The van der Waals surface area contributed by atoms with E-state index in [0.29, 0.717) is 17.9 Å². The minimum atomic E-state index is -2.13. The lowest BCUT2D eigenvalue weighted by atomic mass is 9.59. The fourth-order valence-corrected chi connectivity index (χ4v) is 7.89. The summed E-state index contributed by atoms with van der Waals surface area (Å²) in [6.07, 6.45) is 0.660. The molecular formula is C30H39NO6. The van der Waals surface area contributed by atoms with Crippen LogP contribution in [0.25, 0.3) is 0 Å². The van der Waals surface area contributed by atoms with Crippen molar-refractivity contribution in [1.29, 1.82) is 0 Å². The van der Waals surface area contributed by atoms with Crippen molar-refractivity contribution in [1.82, 2.24) is 4.90 Å². The standard InChI is InChI=1S/C30H39NO6/c1-16-14-29-17(2)12-22-23(28(22,4)5)21(25(29)34)13-20(15-32)24(33)30(29,36)26(16)37-27(35)31(6)18(3)19-10-8-7-9-11-19/h7-11,13-14,17-18,21-24,26,32-33,36H,12,15H2,1-6H3/t17?,18-,21-,22+,23-,24+,26-,29?,30-/m0/s1. The normalized spacial score (nSPS) is 40.3. The van der Waals surface area contributed by atoms with Gasteiger partial charge >= 0.3 is 6.09 Å². The first-order chi connectivity index (χ1) is 17.3. The van der Waals surface area contributed by atoms with E-state index in [9.17, 15) is 24.9 Å². The monoisotopic (exact) mass is 509 g/mol. The van der Waals surface area contributed by atoms with Crippen molar-refractivity contribution in [2.24, 2.45) is 34.5 Å². The molecule has 0 radical (unpaired) electrons. The Bertz CT molecular complexity index is 1170. The lowest BCUT2D eigenvalue weighted by Gasteiger charge is -2.49. The van der Waals surface area contributed by atoms with E-state index in [4.69, 9.17) is 4.74 Å². The maximum Gasteiger partial charge on any atom is 0.410 e. The summed E-state index contributed by atoms with van der Waals surface area (Å²) in [5.41, 5.74) is -1.96. The Morgan fingerprint density at radius 1 is 1.24 bits per heavy atom. The number of ether oxygens (including phenoxy) is 1. The Morgan fingerprint density at radius 2 is 1.89 bits per heavy atom. The van der Waals surface area contributed by atoms with Crippen LogP contribution < -0.4 is 0 Å². The summed E-state index contributed by atoms with van der Waals surface area (Å²) >= 11 is 0. The molecule has 4 aliphatic rings. The molecule has 3 N–H and O–H groups in total. The Labute approximate surface area is 218 Å². The van der Waals surface area contributed by atoms with Gasteiger partial charge in [0.15, 0.2) is 17.5 Å². The highest BCUT2D eigenvalue weighted by atomic mass is 16.6. The zero-order chi connectivity index (χ0) is 27.1. The zero-order valence-electron chi connectivity index (χ0n) is 22.5. The third kappa shape index (κ3) is 3.36. The molecule has 2 fully saturated rings. The van der Waals surface area contributed by atoms with Crippen LogP contribution in [0.5, 0.6) is 0 Å². The topological polar surface area (TPSA) is 107 Å². The van der Waals surface area contributed by atoms with Crippen molar-refractivity contribution < 1.29 is 29.6 Å². The molecule has 200 valence electrons. The van der Waals surface area contributed by atoms with E-state index in [1.54, 1.807) is 26.1 Å². The second-order valence-electron chi connectivity index (χ2n) is 12.3. The van der Waals surface area contributed by atoms with Gasteiger partial charge in [0, 0.05) is 13.0 Å². The number of hydrogen-bond donors (Lipinski definition) is 3. The molecule has 9 atom stereocenters. The van der Waals surface area contributed by atoms with Crippen molar-refractivity contribution in [3.05, 3.63) is 59.2 Å². The van der Waals surface area contributed by atoms with Crippen molar-refractivity contribution in [2.45, 2.75) is 64.9 Å². The lowest BCUT2D eigenvalue weighted by molar-refractivity contribution is -0.191. The average molecular weight is 510 g/mol. The van der Waals surface area contributed by atoms with Gasteiger partial charge in [0.05, 0.1) is 18.1 Å². The predicted molar refractivity (Wildman–Crippen MR) is 138 cm³/mol. The summed E-state index contributed by atoms with van der Waals surface area (Å²) in [5.74, 6) is -0.627. The van der Waals surface area contributed by atoms with Gasteiger partial charge in [-0.3, -0.25) is 4.79 Å². The molecule has 7 heteroatoms. The maximum absolute atomic E-state index is 14.4. The minimum absolute atomic E-state index is 0.0415. The summed E-state index contributed by atoms with van der Waals surface area (Å²) in [4.78, 5) is 29.3. The first kappa shape index (κ1) is 26.1. The molecule has 0 aliphatic heterocycles. The number of carbonyl (C=O) groups is 2. The number of fused-ring (bicyclic) bond motifs is 3. The summed E-state index contributed by atoms with van der Waals surface area (Å²) in [6.45, 7) is 9.38. The number of hydrogen-bond acceptors (Lipinski definition) is 6. The second kappa shape index (κ2) is 8.52. The number of nitrogens with zero attached hydrogens (tertiary/aromatic N) is 1. The van der Waals surface area contributed by atoms with E-state index in [0.717, 1.165) is 5.56 Å². The van der Waals surface area contributed by atoms with Crippen LogP contribution in [0.1, 0.15) is 52.6 Å². The summed E-state index contributed by atoms with van der Waals surface area (Å²) in [7, 11) is 1.63. The molecule has 37 heavy (non-hydrogen) atoms. The maximum atomic E-state index is 14.4. The van der Waals surface area contributed by atoms with E-state index < -0.39 is 41.8 Å². The molecular weight excluding hydrogens is 470 g/mol. The number of amides is 1. The van der Waals surface area contributed by atoms with Gasteiger partial charge in [-0.1, -0.05) is 63.3 Å². The van der Waals surface area contributed by atoms with Crippen LogP contribution in [0, 0.1) is 34.5 Å². The number of ketones is 1. The summed E-state index contributed by atoms with van der Waals surface area (Å²) in [6, 6.07) is 9.24. The van der Waals surface area contributed by atoms with Crippen LogP contribution in [0.4, 0.5) is 4.79 Å². The molecule has 2 unspecified atom stereocenters. The number of allylic oxidation sites excluding steroid dienone is 1. The van der Waals surface area contributed by atoms with Gasteiger partial charge in [0.25, 0.3) is 0 Å². The predicted octanol–water partition coefficient (Wildman–Crippen LogP) is 3.65. The molecule has 1 amide bonds. The number of aliphatic hydroxyl groups excluding tert-OH is 2. The SMILES string of the molecule is CC1=CC23C(=O)[C@@H](C=C(CO)[C@@H](O)[C@]2(O)[C@H]1OC(=O)N(C)[C@@H](C)c1ccccc1)[C@H]1[C@@H](CC3C)C1(C)C. The first-order valence-corrected chi connectivity index (χ1v) is 13.3. The van der Waals surface area contributed by atoms with Crippen molar-refractivity contribution >= 4 is 11.9 Å². The number of benzene rings is 1. The number of Topliss-reactive ketones (excluding diaryl/α,β-unsaturated/α-hetero) is 1. The van der Waals surface area contributed by atoms with Crippen LogP contribution >= 0.6 is 0 Å². The van der Waals surface area contributed by atoms with Crippen molar-refractivity contribution in [3.63, 3.8) is 0 Å². The van der Waals surface area contributed by atoms with Gasteiger partial charge in [-0.15, -0.1) is 0 Å². The van der Waals surface area contributed by atoms with Crippen LogP contribution in [0.15, 0.2) is 53.6 Å². The lowest BCUT2D eigenvalue weighted by Crippen LogP contribution is -2.66. The highest BCUT2D eigenvalue weighted by Gasteiger charge is 2.76. The number of rotatable bonds is 4. The van der Waals surface area contributed by atoms with Crippen molar-refractivity contribution in [2.75, 3.05) is 13.7 Å². The van der Waals surface area contributed by atoms with Crippen LogP contribution in [0.3, 0.4) is 0 Å². The Morgan fingerprint density at radius 3 is 2.51 bits per heavy atom. The summed E-state index contributed by atoms with van der Waals surface area (Å²) in [5, 5.41) is 34.4. The third-order valence-electron chi connectivity index (χ3n) is 10.3. The fraction of sp³-hybridized carbons (Fsp3) is 0.600. The average Bonchev–Trinajstić information content (AvgIpc) is 3.37. The highest BCUT2D eigenvalue weighted by molar-refractivity contribution is 5.95. The molecule has 4 aliphatic carbocycles. The van der Waals surface area contributed by atoms with Crippen LogP contribution in [0.2, 0.25) is 0 Å². The van der Waals surface area contributed by atoms with E-state index >= 15 is 0 Å².